The van der Waals surface area contributed by atoms with E-state index in [1.165, 1.54) is 0 Å². The van der Waals surface area contributed by atoms with Crippen LogP contribution in [0.3, 0.4) is 0 Å². The summed E-state index contributed by atoms with van der Waals surface area (Å²) in [7, 11) is 0. The fourth-order valence-electron chi connectivity index (χ4n) is 4.97. The number of rotatable bonds is 14. The van der Waals surface area contributed by atoms with Gasteiger partial charge in [-0.2, -0.15) is 0 Å². The number of nitrogens with two attached hydrogens (primary N) is 2. The van der Waals surface area contributed by atoms with Crippen molar-refractivity contribution in [2.45, 2.75) is 124 Å². The van der Waals surface area contributed by atoms with Crippen molar-refractivity contribution < 1.29 is 9.53 Å². The normalized spacial score (nSPS) is 25.7. The second-order valence-electron chi connectivity index (χ2n) is 10.1. The van der Waals surface area contributed by atoms with E-state index in [-0.39, 0.29) is 36.2 Å². The van der Waals surface area contributed by atoms with Crippen LogP contribution in [0.4, 0.5) is 4.79 Å². The number of carbonyl (C=O) groups excluding carboxylic acids is 1. The summed E-state index contributed by atoms with van der Waals surface area (Å²) in [6.07, 6.45) is 5.23. The minimum absolute atomic E-state index is 0.0712. The van der Waals surface area contributed by atoms with Crippen LogP contribution in [0.15, 0.2) is 0 Å². The molecule has 6 heteroatoms. The fraction of sp³-hybridized carbons (Fsp3) is 0.958. The van der Waals surface area contributed by atoms with Crippen LogP contribution in [0.25, 0.3) is 0 Å². The number of amides is 2. The van der Waals surface area contributed by atoms with Gasteiger partial charge < -0.3 is 26.4 Å². The van der Waals surface area contributed by atoms with Gasteiger partial charge in [0.25, 0.3) is 0 Å². The van der Waals surface area contributed by atoms with Gasteiger partial charge in [0.2, 0.25) is 0 Å². The molecule has 2 amide bonds. The molecule has 0 bridgehead atoms. The Bertz CT molecular complexity index is 500. The third-order valence-electron chi connectivity index (χ3n) is 6.75. The minimum Gasteiger partial charge on any atom is -0.378 e. The predicted molar refractivity (Wildman–Crippen MR) is 126 cm³/mol. The van der Waals surface area contributed by atoms with Crippen LogP contribution in [0.1, 0.15) is 87.5 Å². The molecule has 6 nitrogen and oxygen atoms in total. The largest absolute Gasteiger partial charge is 0.378 e. The molecular weight excluding hydrogens is 376 g/mol. The van der Waals surface area contributed by atoms with Crippen molar-refractivity contribution >= 4 is 6.03 Å². The minimum atomic E-state index is 0.0712. The number of carbonyl (C=O) groups is 1. The molecule has 1 aliphatic heterocycles. The lowest BCUT2D eigenvalue weighted by atomic mass is 9.87. The van der Waals surface area contributed by atoms with Crippen LogP contribution < -0.4 is 16.8 Å². The Morgan fingerprint density at radius 1 is 1.00 bits per heavy atom. The van der Waals surface area contributed by atoms with Crippen molar-refractivity contribution in [2.24, 2.45) is 29.2 Å². The molecule has 5 N–H and O–H groups in total. The van der Waals surface area contributed by atoms with Crippen LogP contribution in [0, 0.1) is 17.8 Å². The first-order chi connectivity index (χ1) is 14.0. The van der Waals surface area contributed by atoms with E-state index in [2.05, 4.69) is 53.8 Å². The average molecular weight is 427 g/mol. The summed E-state index contributed by atoms with van der Waals surface area (Å²) in [6, 6.07) is 1.21. The van der Waals surface area contributed by atoms with E-state index < -0.39 is 0 Å². The third-order valence-corrected chi connectivity index (χ3v) is 6.75. The molecule has 0 saturated carbocycles. The van der Waals surface area contributed by atoms with Gasteiger partial charge >= 0.3 is 6.03 Å². The van der Waals surface area contributed by atoms with E-state index in [9.17, 15) is 4.79 Å². The number of ether oxygens (including phenoxy) is 1. The molecule has 1 fully saturated rings. The van der Waals surface area contributed by atoms with Crippen molar-refractivity contribution in [3.8, 4) is 0 Å². The molecule has 0 aliphatic carbocycles. The van der Waals surface area contributed by atoms with Crippen molar-refractivity contribution in [3.05, 3.63) is 0 Å². The lowest BCUT2D eigenvalue weighted by molar-refractivity contribution is 0.0282. The molecule has 1 saturated heterocycles. The summed E-state index contributed by atoms with van der Waals surface area (Å²) in [5.41, 5.74) is 11.9. The van der Waals surface area contributed by atoms with E-state index in [1.54, 1.807) is 0 Å². The quantitative estimate of drug-likeness (QED) is 0.364. The summed E-state index contributed by atoms with van der Waals surface area (Å²) in [6.45, 7) is 17.7. The van der Waals surface area contributed by atoms with E-state index in [1.807, 2.05) is 11.8 Å². The van der Waals surface area contributed by atoms with Gasteiger partial charge in [-0.05, 0) is 71.1 Å². The Morgan fingerprint density at radius 3 is 2.10 bits per heavy atom. The van der Waals surface area contributed by atoms with E-state index in [4.69, 9.17) is 16.2 Å². The molecule has 0 aromatic rings. The van der Waals surface area contributed by atoms with Gasteiger partial charge in [-0.15, -0.1) is 0 Å². The van der Waals surface area contributed by atoms with Crippen LogP contribution >= 0.6 is 0 Å². The molecule has 30 heavy (non-hydrogen) atoms. The van der Waals surface area contributed by atoms with E-state index in [0.29, 0.717) is 30.5 Å². The van der Waals surface area contributed by atoms with Gasteiger partial charge in [-0.25, -0.2) is 4.79 Å². The number of nitrogens with one attached hydrogen (secondary N) is 1. The smallest absolute Gasteiger partial charge is 0.318 e. The predicted octanol–water partition coefficient (Wildman–Crippen LogP) is 4.12. The highest BCUT2D eigenvalue weighted by atomic mass is 16.5. The molecule has 0 radical (unpaired) electrons. The second kappa shape index (κ2) is 12.9. The molecule has 9 unspecified atom stereocenters. The molecular formula is C24H50N4O2. The van der Waals surface area contributed by atoms with Gasteiger partial charge in [0.1, 0.15) is 0 Å². The van der Waals surface area contributed by atoms with E-state index in [0.717, 1.165) is 32.1 Å². The maximum atomic E-state index is 13.0. The second-order valence-corrected chi connectivity index (χ2v) is 10.1. The van der Waals surface area contributed by atoms with Gasteiger partial charge in [0.05, 0.1) is 24.8 Å². The number of hydrogen-bond acceptors (Lipinski definition) is 4. The van der Waals surface area contributed by atoms with Gasteiger partial charge in [-0.3, -0.25) is 0 Å². The van der Waals surface area contributed by atoms with Crippen LogP contribution in [-0.2, 0) is 4.74 Å². The molecule has 1 heterocycles. The number of nitrogens with zero attached hydrogens (tertiary/aromatic N) is 1. The zero-order chi connectivity index (χ0) is 23.0. The maximum absolute atomic E-state index is 13.0. The first-order valence-corrected chi connectivity index (χ1v) is 12.2. The highest BCUT2D eigenvalue weighted by Crippen LogP contribution is 2.38. The monoisotopic (exact) mass is 426 g/mol. The zero-order valence-corrected chi connectivity index (χ0v) is 20.9. The zero-order valence-electron chi connectivity index (χ0n) is 20.9. The summed E-state index contributed by atoms with van der Waals surface area (Å²) in [4.78, 5) is 15.0. The standard InChI is InChI=1S/C24H50N4O2/c1-9-21(13-18(6)26)11-15(3)23-20(8)28(23)24(29)27-22(10-2)16(4)14-30-19(7)12-17(5)25/h15-23H,9-14,25-26H2,1-8H3,(H,27,29). The van der Waals surface area contributed by atoms with Crippen molar-refractivity contribution in [2.75, 3.05) is 6.61 Å². The van der Waals surface area contributed by atoms with Gasteiger partial charge in [0.15, 0.2) is 0 Å². The Hall–Kier alpha value is -0.850. The SMILES string of the molecule is CCC(CC(C)N)CC(C)C1C(C)N1C(=O)NC(CC)C(C)COC(C)CC(C)N. The van der Waals surface area contributed by atoms with Crippen molar-refractivity contribution in [1.82, 2.24) is 10.2 Å². The highest BCUT2D eigenvalue weighted by molar-refractivity contribution is 5.78. The molecule has 0 aromatic carbocycles. The Labute approximate surface area is 185 Å². The van der Waals surface area contributed by atoms with Crippen molar-refractivity contribution in [3.63, 3.8) is 0 Å². The lowest BCUT2D eigenvalue weighted by Crippen LogP contribution is -2.44. The number of hydrogen-bond donors (Lipinski definition) is 3. The van der Waals surface area contributed by atoms with E-state index >= 15 is 0 Å². The first kappa shape index (κ1) is 27.2. The third kappa shape index (κ3) is 8.72. The first-order valence-electron chi connectivity index (χ1n) is 12.2. The van der Waals surface area contributed by atoms with Crippen LogP contribution in [0.2, 0.25) is 0 Å². The van der Waals surface area contributed by atoms with Gasteiger partial charge in [0, 0.05) is 18.1 Å². The Balaban J connectivity index is 2.53. The molecule has 0 aromatic heterocycles. The Kier molecular flexibility index (Phi) is 11.7. The Morgan fingerprint density at radius 2 is 1.60 bits per heavy atom. The maximum Gasteiger partial charge on any atom is 0.318 e. The molecule has 9 atom stereocenters. The molecule has 1 rings (SSSR count). The molecule has 0 spiro atoms. The van der Waals surface area contributed by atoms with Gasteiger partial charge in [-0.1, -0.05) is 34.1 Å². The summed E-state index contributed by atoms with van der Waals surface area (Å²) < 4.78 is 5.97. The van der Waals surface area contributed by atoms with Crippen molar-refractivity contribution in [1.29, 1.82) is 0 Å². The molecule has 178 valence electrons. The van der Waals surface area contributed by atoms with Crippen LogP contribution in [-0.4, -0.2) is 53.9 Å². The lowest BCUT2D eigenvalue weighted by Gasteiger charge is -2.26. The van der Waals surface area contributed by atoms with Crippen LogP contribution in [0.5, 0.6) is 0 Å². The summed E-state index contributed by atoms with van der Waals surface area (Å²) in [5.74, 6) is 1.39. The highest BCUT2D eigenvalue weighted by Gasteiger charge is 2.50. The fourth-order valence-corrected chi connectivity index (χ4v) is 4.97. The average Bonchev–Trinajstić information content (AvgIpc) is 3.33. The molecule has 1 aliphatic rings. The summed E-state index contributed by atoms with van der Waals surface area (Å²) in [5, 5.41) is 3.27. The number of urea groups is 1. The topological polar surface area (TPSA) is 93.4 Å². The summed E-state index contributed by atoms with van der Waals surface area (Å²) >= 11 is 0.